The van der Waals surface area contributed by atoms with Crippen LogP contribution in [0.1, 0.15) is 28.9 Å². The number of amides is 1. The summed E-state index contributed by atoms with van der Waals surface area (Å²) in [4.78, 5) is 64.2. The number of hydrogen-bond donors (Lipinski definition) is 12. The Labute approximate surface area is 303 Å². The van der Waals surface area contributed by atoms with Crippen LogP contribution in [0.5, 0.6) is 0 Å². The van der Waals surface area contributed by atoms with Crippen molar-refractivity contribution in [2.75, 3.05) is 24.3 Å². The van der Waals surface area contributed by atoms with Gasteiger partial charge in [0.2, 0.25) is 5.95 Å². The normalized spacial score (nSPS) is 28.9. The molecule has 0 saturated carbocycles. The van der Waals surface area contributed by atoms with Gasteiger partial charge in [-0.3, -0.25) is 19.4 Å². The molecule has 11 atom stereocenters. The highest BCUT2D eigenvalue weighted by atomic mass is 16.7. The van der Waals surface area contributed by atoms with Crippen LogP contribution >= 0.6 is 0 Å². The smallest absolute Gasteiger partial charge is 0.328 e. The van der Waals surface area contributed by atoms with Crippen LogP contribution in [0.3, 0.4) is 0 Å². The van der Waals surface area contributed by atoms with Crippen LogP contribution in [-0.4, -0.2) is 159 Å². The Morgan fingerprint density at radius 1 is 0.944 bits per heavy atom. The van der Waals surface area contributed by atoms with Gasteiger partial charge < -0.3 is 76.2 Å². The van der Waals surface area contributed by atoms with E-state index in [1.54, 1.807) is 0 Å². The van der Waals surface area contributed by atoms with Gasteiger partial charge in [0, 0.05) is 17.7 Å². The topological polar surface area (TPSA) is 372 Å². The minimum absolute atomic E-state index is 0.00449. The molecule has 23 nitrogen and oxygen atoms in total. The molecule has 5 rings (SSSR count). The Balaban J connectivity index is 1.19. The molecule has 4 heterocycles. The summed E-state index contributed by atoms with van der Waals surface area (Å²) in [6.45, 7) is -1.48. The Kier molecular flexibility index (Phi) is 13.0. The number of fused-ring (bicyclic) bond motifs is 1. The zero-order valence-corrected chi connectivity index (χ0v) is 28.0. The summed E-state index contributed by atoms with van der Waals surface area (Å²) in [5, 5.41) is 85.8. The summed E-state index contributed by atoms with van der Waals surface area (Å²) in [7, 11) is 0. The van der Waals surface area contributed by atoms with Crippen LogP contribution in [-0.2, 0) is 35.1 Å². The van der Waals surface area contributed by atoms with E-state index in [0.29, 0.717) is 11.4 Å². The number of nitrogen functional groups attached to an aromatic ring is 1. The number of nitrogens with one attached hydrogen (secondary N) is 3. The number of carbonyl (C=O) groups excluding carboxylic acids is 2. The summed E-state index contributed by atoms with van der Waals surface area (Å²) in [6, 6.07) is 4.38. The third-order valence-corrected chi connectivity index (χ3v) is 8.53. The molecule has 3 aromatic rings. The van der Waals surface area contributed by atoms with Gasteiger partial charge in [-0.1, -0.05) is 0 Å². The number of nitrogens with two attached hydrogens (primary N) is 1. The number of anilines is 2. The Morgan fingerprint density at radius 3 is 2.35 bits per heavy atom. The van der Waals surface area contributed by atoms with Crippen LogP contribution in [0.4, 0.5) is 11.6 Å². The molecule has 294 valence electrons. The van der Waals surface area contributed by atoms with Gasteiger partial charge in [0.25, 0.3) is 11.5 Å². The van der Waals surface area contributed by atoms with Gasteiger partial charge in [0.15, 0.2) is 23.7 Å². The van der Waals surface area contributed by atoms with E-state index in [1.165, 1.54) is 30.5 Å². The summed E-state index contributed by atoms with van der Waals surface area (Å²) >= 11 is 0. The van der Waals surface area contributed by atoms with Crippen LogP contribution in [0.25, 0.3) is 11.2 Å². The van der Waals surface area contributed by atoms with Gasteiger partial charge in [-0.15, -0.1) is 0 Å². The second-order valence-corrected chi connectivity index (χ2v) is 12.3. The lowest BCUT2D eigenvalue weighted by atomic mass is 9.97. The second-order valence-electron chi connectivity index (χ2n) is 12.3. The van der Waals surface area contributed by atoms with Crippen molar-refractivity contribution >= 4 is 40.6 Å². The maximum atomic E-state index is 13.1. The van der Waals surface area contributed by atoms with E-state index in [-0.39, 0.29) is 29.2 Å². The molecule has 0 bridgehead atoms. The monoisotopic (exact) mass is 765 g/mol. The molecular weight excluding hydrogens is 726 g/mol. The number of carboxylic acid groups (broad SMARTS) is 1. The van der Waals surface area contributed by atoms with Gasteiger partial charge >= 0.3 is 11.9 Å². The largest absolute Gasteiger partial charge is 0.481 e. The summed E-state index contributed by atoms with van der Waals surface area (Å²) < 4.78 is 21.2. The lowest BCUT2D eigenvalue weighted by Crippen LogP contribution is -2.64. The van der Waals surface area contributed by atoms with Gasteiger partial charge in [0.05, 0.1) is 25.0 Å². The van der Waals surface area contributed by atoms with E-state index >= 15 is 0 Å². The van der Waals surface area contributed by atoms with E-state index in [1.807, 2.05) is 0 Å². The third-order valence-electron chi connectivity index (χ3n) is 8.53. The van der Waals surface area contributed by atoms with E-state index < -0.39 is 117 Å². The first kappa shape index (κ1) is 40.2. The first-order chi connectivity index (χ1) is 25.7. The number of ether oxygens (including phenoxy) is 4. The Hall–Kier alpha value is -4.95. The van der Waals surface area contributed by atoms with Crippen LogP contribution in [0.2, 0.25) is 0 Å². The van der Waals surface area contributed by atoms with Gasteiger partial charge in [0.1, 0.15) is 61.5 Å². The average molecular weight is 766 g/mol. The van der Waals surface area contributed by atoms with Crippen molar-refractivity contribution in [2.24, 2.45) is 0 Å². The Bertz CT molecular complexity index is 1850. The fourth-order valence-corrected chi connectivity index (χ4v) is 5.57. The van der Waals surface area contributed by atoms with Crippen molar-refractivity contribution in [1.29, 1.82) is 0 Å². The highest BCUT2D eigenvalue weighted by Crippen LogP contribution is 2.29. The highest BCUT2D eigenvalue weighted by molar-refractivity contribution is 5.97. The molecule has 1 amide bonds. The number of aromatic nitrogens is 4. The maximum Gasteiger partial charge on any atom is 0.328 e. The molecular formula is C31H39N7O16. The number of H-pyrrole nitrogens is 1. The summed E-state index contributed by atoms with van der Waals surface area (Å²) in [6.07, 6.45) is -17.4. The van der Waals surface area contributed by atoms with Gasteiger partial charge in [-0.2, -0.15) is 4.98 Å². The minimum atomic E-state index is -1.96. The molecule has 54 heavy (non-hydrogen) atoms. The van der Waals surface area contributed by atoms with Crippen LogP contribution < -0.4 is 21.9 Å². The fourth-order valence-electron chi connectivity index (χ4n) is 5.57. The zero-order valence-electron chi connectivity index (χ0n) is 28.0. The maximum absolute atomic E-state index is 13.1. The van der Waals surface area contributed by atoms with E-state index in [9.17, 15) is 60.0 Å². The molecule has 2 saturated heterocycles. The van der Waals surface area contributed by atoms with Crippen LogP contribution in [0, 0.1) is 0 Å². The number of benzene rings is 1. The average Bonchev–Trinajstić information content (AvgIpc) is 3.15. The molecule has 2 aliphatic rings. The molecule has 0 spiro atoms. The Morgan fingerprint density at radius 2 is 1.67 bits per heavy atom. The first-order valence-corrected chi connectivity index (χ1v) is 16.4. The lowest BCUT2D eigenvalue weighted by Gasteiger charge is -2.45. The minimum Gasteiger partial charge on any atom is -0.481 e. The number of carbonyl (C=O) groups is 3. The molecule has 1 unspecified atom stereocenters. The SMILES string of the molecule is Nc1nc2ncc(CNc3ccc(C(=O)NC(CCC(=O)O)C(=O)OC[C@H]4O[C@@H](O[C@H]5[C@H](O)[C@@H](O)[C@@H](O)O[C@@H]5CO)[C@H](O)[C@@H](O)[C@H]4O)cc3)nc2c(=O)[nH]1. The molecule has 0 aliphatic carbocycles. The molecule has 2 fully saturated rings. The first-order valence-electron chi connectivity index (χ1n) is 16.4. The lowest BCUT2D eigenvalue weighted by molar-refractivity contribution is -0.355. The molecule has 23 heteroatoms. The van der Waals surface area contributed by atoms with Crippen molar-refractivity contribution < 1.29 is 74.2 Å². The third kappa shape index (κ3) is 9.40. The van der Waals surface area contributed by atoms with Crippen molar-refractivity contribution in [3.63, 3.8) is 0 Å². The molecule has 2 aliphatic heterocycles. The summed E-state index contributed by atoms with van der Waals surface area (Å²) in [5.74, 6) is -3.30. The number of aromatic amines is 1. The van der Waals surface area contributed by atoms with Crippen molar-refractivity contribution in [3.05, 3.63) is 52.1 Å². The van der Waals surface area contributed by atoms with E-state index in [4.69, 9.17) is 24.7 Å². The number of rotatable bonds is 14. The number of aliphatic hydroxyl groups is 7. The van der Waals surface area contributed by atoms with Gasteiger partial charge in [-0.25, -0.2) is 14.8 Å². The molecule has 2 aromatic heterocycles. The number of aliphatic hydroxyl groups excluding tert-OH is 7. The summed E-state index contributed by atoms with van der Waals surface area (Å²) in [5.41, 5.74) is 6.04. The highest BCUT2D eigenvalue weighted by Gasteiger charge is 2.50. The van der Waals surface area contributed by atoms with Crippen molar-refractivity contribution in [3.8, 4) is 0 Å². The van der Waals surface area contributed by atoms with Gasteiger partial charge in [-0.05, 0) is 30.7 Å². The van der Waals surface area contributed by atoms with E-state index in [2.05, 4.69) is 30.6 Å². The number of hydrogen-bond acceptors (Lipinski definition) is 20. The predicted molar refractivity (Wildman–Crippen MR) is 177 cm³/mol. The number of carboxylic acids is 1. The predicted octanol–water partition coefficient (Wildman–Crippen LogP) is -4.96. The molecule has 13 N–H and O–H groups in total. The van der Waals surface area contributed by atoms with Crippen molar-refractivity contribution in [2.45, 2.75) is 86.8 Å². The number of aliphatic carboxylic acids is 1. The van der Waals surface area contributed by atoms with Crippen molar-refractivity contribution in [1.82, 2.24) is 25.3 Å². The number of nitrogens with zero attached hydrogens (tertiary/aromatic N) is 3. The van der Waals surface area contributed by atoms with E-state index in [0.717, 1.165) is 0 Å². The second kappa shape index (κ2) is 17.5. The standard InChI is InChI=1S/C31H39N7O16/c32-31-37-25-18(27(48)38-31)35-13(8-34-25)7-33-12-3-1-11(2-4-12)26(47)36-14(5-6-17(40)41)28(49)51-10-16-19(42)20(43)23(46)30(53-16)54-24-15(9-39)52-29(50)22(45)21(24)44/h1-4,8,14-16,19-24,29-30,33,39,42-46,50H,5-7,9-10H2,(H,36,47)(H,40,41)(H3,32,34,37,38,48)/t14?,15-,16-,19+,20+,21-,22-,23-,24-,29+,30+/m1/s1. The molecule has 0 radical (unpaired) electrons. The molecule has 1 aromatic carbocycles. The quantitative estimate of drug-likeness (QED) is 0.0684. The van der Waals surface area contributed by atoms with Crippen LogP contribution in [0.15, 0.2) is 35.3 Å². The number of esters is 1. The zero-order chi connectivity index (χ0) is 39.3. The fraction of sp³-hybridized carbons (Fsp3) is 0.516.